The third-order valence-corrected chi connectivity index (χ3v) is 3.24. The summed E-state index contributed by atoms with van der Waals surface area (Å²) in [5.74, 6) is -0.734. The molecule has 1 aliphatic rings. The highest BCUT2D eigenvalue weighted by Crippen LogP contribution is 2.30. The number of nitrogen functional groups attached to an aromatic ring is 1. The minimum atomic E-state index is -0.763. The topological polar surface area (TPSA) is 90.4 Å². The molecule has 16 heavy (non-hydrogen) atoms. The summed E-state index contributed by atoms with van der Waals surface area (Å²) in [6.07, 6.45) is 0.354. The van der Waals surface area contributed by atoms with Gasteiger partial charge in [-0.3, -0.25) is 4.57 Å². The van der Waals surface area contributed by atoms with Crippen LogP contribution in [0.4, 0.5) is 10.2 Å². The molecule has 6 nitrogen and oxygen atoms in total. The molecular weight excluding hydrogens is 241 g/mol. The smallest absolute Gasteiger partial charge is 0.351 e. The molecule has 1 aliphatic heterocycles. The van der Waals surface area contributed by atoms with Gasteiger partial charge in [0.05, 0.1) is 12.8 Å². The molecule has 0 amide bonds. The number of ether oxygens (including phenoxy) is 1. The second-order valence-corrected chi connectivity index (χ2v) is 4.39. The number of nitrogens with two attached hydrogens (primary N) is 1. The maximum Gasteiger partial charge on any atom is 0.351 e. The van der Waals surface area contributed by atoms with E-state index in [2.05, 4.69) is 4.98 Å². The van der Waals surface area contributed by atoms with E-state index in [1.54, 1.807) is 0 Å². The summed E-state index contributed by atoms with van der Waals surface area (Å²) in [6.45, 7) is -0.152. The van der Waals surface area contributed by atoms with E-state index in [4.69, 9.17) is 15.6 Å². The van der Waals surface area contributed by atoms with Crippen LogP contribution >= 0.6 is 11.8 Å². The number of hydrogen-bond donors (Lipinski definition) is 2. The minimum Gasteiger partial charge on any atom is -0.393 e. The van der Waals surface area contributed by atoms with Crippen LogP contribution in [0, 0.1) is 5.82 Å². The Morgan fingerprint density at radius 3 is 3.19 bits per heavy atom. The lowest BCUT2D eigenvalue weighted by Crippen LogP contribution is -2.29. The second-order valence-electron chi connectivity index (χ2n) is 3.20. The van der Waals surface area contributed by atoms with Gasteiger partial charge < -0.3 is 15.6 Å². The summed E-state index contributed by atoms with van der Waals surface area (Å²) < 4.78 is 19.5. The summed E-state index contributed by atoms with van der Waals surface area (Å²) >= 11 is 1.35. The highest BCUT2D eigenvalue weighted by Gasteiger charge is 2.27. The third-order valence-electron chi connectivity index (χ3n) is 2.13. The first kappa shape index (κ1) is 11.4. The summed E-state index contributed by atoms with van der Waals surface area (Å²) in [5.41, 5.74) is 4.10. The maximum atomic E-state index is 13.1. The van der Waals surface area contributed by atoms with Crippen LogP contribution in [0.1, 0.15) is 6.23 Å². The first-order valence-electron chi connectivity index (χ1n) is 4.54. The van der Waals surface area contributed by atoms with Gasteiger partial charge in [0, 0.05) is 5.75 Å². The van der Waals surface area contributed by atoms with E-state index < -0.39 is 29.0 Å². The van der Waals surface area contributed by atoms with Crippen molar-refractivity contribution < 1.29 is 14.2 Å². The minimum absolute atomic E-state index is 0.152. The number of aliphatic hydroxyl groups is 1. The van der Waals surface area contributed by atoms with Gasteiger partial charge in [-0.1, -0.05) is 0 Å². The molecule has 1 fully saturated rings. The molecule has 1 saturated heterocycles. The van der Waals surface area contributed by atoms with Crippen molar-refractivity contribution in [3.05, 3.63) is 22.5 Å². The molecule has 0 aliphatic carbocycles. The monoisotopic (exact) mass is 251 g/mol. The molecule has 3 N–H and O–H groups in total. The lowest BCUT2D eigenvalue weighted by Gasteiger charge is -2.13. The average Bonchev–Trinajstić information content (AvgIpc) is 2.71. The Kier molecular flexibility index (Phi) is 3.13. The summed E-state index contributed by atoms with van der Waals surface area (Å²) in [7, 11) is 0. The molecule has 0 radical (unpaired) electrons. The number of aliphatic hydroxyl groups excluding tert-OH is 1. The van der Waals surface area contributed by atoms with Gasteiger partial charge in [0.1, 0.15) is 11.7 Å². The van der Waals surface area contributed by atoms with Crippen molar-refractivity contribution >= 4 is 17.6 Å². The molecule has 2 heterocycles. The molecule has 0 spiro atoms. The number of rotatable bonds is 2. The average molecular weight is 251 g/mol. The molecule has 2 atom stereocenters. The van der Waals surface area contributed by atoms with Gasteiger partial charge >= 0.3 is 5.69 Å². The highest BCUT2D eigenvalue weighted by molar-refractivity contribution is 8.00. The van der Waals surface area contributed by atoms with E-state index in [0.717, 1.165) is 10.8 Å². The number of nitrogens with zero attached hydrogens (tertiary/aromatic N) is 2. The molecule has 0 saturated carbocycles. The molecule has 0 aromatic carbocycles. The zero-order valence-corrected chi connectivity index (χ0v) is 8.98. The third kappa shape index (κ3) is 2.04. The Bertz CT molecular complexity index is 453. The van der Waals surface area contributed by atoms with E-state index in [1.165, 1.54) is 11.8 Å². The standard InChI is InChI=1S/C8H10FN3O3S/c9-4-1-12(8(14)11-7(4)10)5-3-16-6(2-13)15-5/h1,5-6,13H,2-3H2,(H2,10,11,14)/t5-,6+/m0/s1/i8+1,10+1,11+1,12+1. The fourth-order valence-electron chi connectivity index (χ4n) is 1.35. The Balaban J connectivity index is 2.28. The van der Waals surface area contributed by atoms with Crippen LogP contribution in [0.3, 0.4) is 0 Å². The van der Waals surface area contributed by atoms with Gasteiger partial charge in [0.2, 0.25) is 0 Å². The van der Waals surface area contributed by atoms with Crippen molar-refractivity contribution in [2.75, 3.05) is 18.1 Å². The SMILES string of the molecule is [15NH2]c1[15n][13c](=O)[15n]([C@@H]2CS[C@H](CO)O2)cc1F. The number of halogens is 1. The van der Waals surface area contributed by atoms with Crippen molar-refractivity contribution in [3.8, 4) is 0 Å². The second kappa shape index (κ2) is 4.40. The lowest BCUT2D eigenvalue weighted by atomic mass is 10.6. The Hall–Kier alpha value is -1.12. The number of aromatic nitrogens is 2. The quantitative estimate of drug-likeness (QED) is 0.691. The van der Waals surface area contributed by atoms with Crippen molar-refractivity contribution in [2.24, 2.45) is 0 Å². The van der Waals surface area contributed by atoms with Gasteiger partial charge in [-0.2, -0.15) is 4.98 Å². The summed E-state index contributed by atoms with van der Waals surface area (Å²) in [5, 5.41) is 8.86. The largest absolute Gasteiger partial charge is 0.393 e. The van der Waals surface area contributed by atoms with Crippen LogP contribution in [-0.4, -0.2) is 32.5 Å². The van der Waals surface area contributed by atoms with Crippen molar-refractivity contribution in [2.45, 2.75) is 11.7 Å². The molecule has 1 aromatic rings. The number of anilines is 1. The number of thioether (sulfide) groups is 1. The Morgan fingerprint density at radius 1 is 1.81 bits per heavy atom. The van der Waals surface area contributed by atoms with Crippen LogP contribution < -0.4 is 11.4 Å². The van der Waals surface area contributed by atoms with Crippen molar-refractivity contribution in [1.29, 1.82) is 0 Å². The van der Waals surface area contributed by atoms with Crippen LogP contribution in [0.2, 0.25) is 0 Å². The summed E-state index contributed by atoms with van der Waals surface area (Å²) in [6, 6.07) is 0. The molecule has 1 aromatic heterocycles. The molecule has 8 heteroatoms. The molecule has 88 valence electrons. The highest BCUT2D eigenvalue weighted by atomic mass is 32.2. The predicted molar refractivity (Wildman–Crippen MR) is 56.3 cm³/mol. The van der Waals surface area contributed by atoms with Crippen LogP contribution in [0.5, 0.6) is 0 Å². The van der Waals surface area contributed by atoms with Crippen molar-refractivity contribution in [3.63, 3.8) is 0 Å². The Morgan fingerprint density at radius 2 is 2.56 bits per heavy atom. The molecule has 0 bridgehead atoms. The van der Waals surface area contributed by atoms with E-state index in [-0.39, 0.29) is 6.61 Å². The van der Waals surface area contributed by atoms with E-state index in [0.29, 0.717) is 5.75 Å². The zero-order chi connectivity index (χ0) is 11.7. The first-order chi connectivity index (χ1) is 7.61. The van der Waals surface area contributed by atoms with Gasteiger partial charge in [-0.25, -0.2) is 9.18 Å². The van der Waals surface area contributed by atoms with Gasteiger partial charge in [0.25, 0.3) is 0 Å². The summed E-state index contributed by atoms with van der Waals surface area (Å²) in [4.78, 5) is 14.8. The number of hydrogen-bond acceptors (Lipinski definition) is 6. The van der Waals surface area contributed by atoms with Gasteiger partial charge in [0.15, 0.2) is 11.6 Å². The van der Waals surface area contributed by atoms with Crippen LogP contribution in [-0.2, 0) is 4.74 Å². The molecular formula is C8H10FN3O3S. The van der Waals surface area contributed by atoms with Crippen molar-refractivity contribution in [1.82, 2.24) is 9.55 Å². The predicted octanol–water partition coefficient (Wildman–Crippen LogP) is -0.455. The van der Waals surface area contributed by atoms with Gasteiger partial charge in [-0.15, -0.1) is 11.8 Å². The lowest BCUT2D eigenvalue weighted by molar-refractivity contribution is -0.00677. The fraction of sp³-hybridized carbons (Fsp3) is 0.500. The fourth-order valence-corrected chi connectivity index (χ4v) is 2.28. The normalized spacial score (nSPS) is 24.9. The molecule has 0 unspecified atom stereocenters. The van der Waals surface area contributed by atoms with E-state index in [1.807, 2.05) is 0 Å². The molecule has 2 rings (SSSR count). The van der Waals surface area contributed by atoms with Crippen LogP contribution in [0.15, 0.2) is 11.0 Å². The Labute approximate surface area is 94.2 Å². The van der Waals surface area contributed by atoms with E-state index >= 15 is 0 Å². The van der Waals surface area contributed by atoms with Crippen LogP contribution in [0.25, 0.3) is 0 Å². The zero-order valence-electron chi connectivity index (χ0n) is 8.17. The maximum absolute atomic E-state index is 13.1. The van der Waals surface area contributed by atoms with E-state index in [9.17, 15) is 9.18 Å². The first-order valence-corrected chi connectivity index (χ1v) is 5.58. The van der Waals surface area contributed by atoms with Gasteiger partial charge in [-0.05, 0) is 0 Å².